The fraction of sp³-hybridized carbons (Fsp3) is 0.347. The van der Waals surface area contributed by atoms with Gasteiger partial charge in [0.25, 0.3) is 0 Å². The number of piperazine rings is 1. The summed E-state index contributed by atoms with van der Waals surface area (Å²) in [5.41, 5.74) is 5.15. The summed E-state index contributed by atoms with van der Waals surface area (Å²) >= 11 is 8.28. The van der Waals surface area contributed by atoms with Crippen molar-refractivity contribution in [2.75, 3.05) is 60.0 Å². The Kier molecular flexibility index (Phi) is 14.8. The number of hydrogen-bond donors (Lipinski definition) is 3. The van der Waals surface area contributed by atoms with Gasteiger partial charge in [-0.15, -0.1) is 0 Å². The second-order valence-corrected chi connectivity index (χ2v) is 17.5. The maximum absolute atomic E-state index is 13.1. The van der Waals surface area contributed by atoms with E-state index in [1.54, 1.807) is 31.6 Å². The molecular weight excluding hydrogens is 864 g/mol. The van der Waals surface area contributed by atoms with E-state index in [9.17, 15) is 9.90 Å². The van der Waals surface area contributed by atoms with Gasteiger partial charge in [-0.2, -0.15) is 4.37 Å². The average molecular weight is 918 g/mol. The number of para-hydroxylation sites is 2. The highest BCUT2D eigenvalue weighted by molar-refractivity contribution is 7.13. The largest absolute Gasteiger partial charge is 0.496 e. The highest BCUT2D eigenvalue weighted by Gasteiger charge is 2.28. The molecule has 14 nitrogen and oxygen atoms in total. The topological polar surface area (TPSA) is 168 Å². The van der Waals surface area contributed by atoms with Crippen LogP contribution in [0.2, 0.25) is 5.02 Å². The van der Waals surface area contributed by atoms with Gasteiger partial charge >= 0.3 is 5.97 Å². The molecule has 1 aliphatic heterocycles. The van der Waals surface area contributed by atoms with Crippen molar-refractivity contribution < 1.29 is 28.8 Å². The van der Waals surface area contributed by atoms with Gasteiger partial charge < -0.3 is 39.7 Å². The molecule has 0 unspecified atom stereocenters. The molecule has 3 N–H and O–H groups in total. The van der Waals surface area contributed by atoms with Crippen LogP contribution in [-0.2, 0) is 17.8 Å². The molecule has 6 aromatic rings. The minimum atomic E-state index is -1.35. The van der Waals surface area contributed by atoms with E-state index < -0.39 is 12.1 Å². The summed E-state index contributed by atoms with van der Waals surface area (Å²) in [6.45, 7) is 8.13. The Morgan fingerprint density at radius 1 is 1.00 bits per heavy atom. The van der Waals surface area contributed by atoms with Crippen LogP contribution in [-0.4, -0.2) is 113 Å². The zero-order chi connectivity index (χ0) is 45.3. The first-order chi connectivity index (χ1) is 31.7. The van der Waals surface area contributed by atoms with Gasteiger partial charge in [-0.1, -0.05) is 54.4 Å². The number of benzene rings is 3. The molecule has 16 heteroatoms. The van der Waals surface area contributed by atoms with E-state index in [0.29, 0.717) is 78.8 Å². The number of aliphatic carboxylic acids is 1. The van der Waals surface area contributed by atoms with Crippen LogP contribution in [0.4, 0.5) is 0 Å². The van der Waals surface area contributed by atoms with Crippen LogP contribution in [0, 0.1) is 18.3 Å². The number of halogens is 1. The molecule has 3 aromatic heterocycles. The molecule has 4 heterocycles. The Morgan fingerprint density at radius 3 is 2.54 bits per heavy atom. The molecule has 0 radical (unpaired) electrons. The first-order valence-electron chi connectivity index (χ1n) is 21.8. The van der Waals surface area contributed by atoms with E-state index in [4.69, 9.17) is 45.9 Å². The fourth-order valence-corrected chi connectivity index (χ4v) is 8.91. The standard InChI is InChI=1S/C49H53ClN8O6S/c1-31-36(15-16-40(45(31)50)62-24-23-58-21-19-57(2)20-22-58)43-44-42(29-54-46(43)34(26-51)28-52-27-32-9-8-10-32)65-56-48(44)64-41(49(59)60)25-33-11-4-6-13-38(33)63-30-35-17-18-53-47(55-35)37-12-5-7-14-39(37)61-3/h4-7,11-18,26,28-29,32,41,51-52H,8-10,19-25,27,30H2,1-3H3,(H,59,60)/b34-28+,51-26?/t41-/m1/s1. The predicted molar refractivity (Wildman–Crippen MR) is 255 cm³/mol. The lowest BCUT2D eigenvalue weighted by atomic mass is 9.85. The number of likely N-dealkylation sites (N-methyl/N-ethyl adjacent to an activating group) is 1. The highest BCUT2D eigenvalue weighted by atomic mass is 35.5. The molecule has 8 rings (SSSR count). The van der Waals surface area contributed by atoms with Crippen molar-refractivity contribution in [2.45, 2.75) is 45.3 Å². The number of carbonyl (C=O) groups is 1. The number of aromatic nitrogens is 4. The van der Waals surface area contributed by atoms with Crippen LogP contribution < -0.4 is 24.3 Å². The number of nitrogens with one attached hydrogen (secondary N) is 2. The number of carboxylic acids is 1. The Morgan fingerprint density at radius 2 is 1.78 bits per heavy atom. The van der Waals surface area contributed by atoms with Gasteiger partial charge in [-0.25, -0.2) is 14.8 Å². The lowest BCUT2D eigenvalue weighted by molar-refractivity contribution is -0.145. The van der Waals surface area contributed by atoms with Crippen LogP contribution in [0.25, 0.3) is 38.2 Å². The minimum absolute atomic E-state index is 0.0319. The van der Waals surface area contributed by atoms with E-state index in [0.717, 1.165) is 67.5 Å². The normalized spacial score (nSPS) is 15.3. The predicted octanol–water partition coefficient (Wildman–Crippen LogP) is 8.45. The third-order valence-electron chi connectivity index (χ3n) is 12.0. The second kappa shape index (κ2) is 21.2. The van der Waals surface area contributed by atoms with Crippen molar-refractivity contribution in [3.05, 3.63) is 113 Å². The average Bonchev–Trinajstić information content (AvgIpc) is 3.72. The zero-order valence-corrected chi connectivity index (χ0v) is 38.3. The van der Waals surface area contributed by atoms with Crippen molar-refractivity contribution in [3.63, 3.8) is 0 Å². The van der Waals surface area contributed by atoms with Crippen LogP contribution >= 0.6 is 23.1 Å². The number of nitrogens with zero attached hydrogens (tertiary/aromatic N) is 6. The van der Waals surface area contributed by atoms with Crippen LogP contribution in [0.5, 0.6) is 23.1 Å². The lowest BCUT2D eigenvalue weighted by Crippen LogP contribution is -2.45. The van der Waals surface area contributed by atoms with E-state index in [2.05, 4.69) is 31.5 Å². The molecule has 2 aliphatic rings. The van der Waals surface area contributed by atoms with Crippen LogP contribution in [0.3, 0.4) is 0 Å². The van der Waals surface area contributed by atoms with E-state index in [1.165, 1.54) is 25.5 Å². The monoisotopic (exact) mass is 916 g/mol. The Balaban J connectivity index is 1.08. The van der Waals surface area contributed by atoms with Gasteiger partial charge in [-0.05, 0) is 91.3 Å². The number of rotatable bonds is 20. The first-order valence-corrected chi connectivity index (χ1v) is 23.0. The minimum Gasteiger partial charge on any atom is -0.496 e. The lowest BCUT2D eigenvalue weighted by Gasteiger charge is -2.32. The Labute approximate surface area is 387 Å². The summed E-state index contributed by atoms with van der Waals surface area (Å²) in [6.07, 6.45) is 8.65. The fourth-order valence-electron chi connectivity index (χ4n) is 8.00. The summed E-state index contributed by atoms with van der Waals surface area (Å²) in [5, 5.41) is 23.7. The number of ether oxygens (including phenoxy) is 4. The SMILES string of the molecule is COc1ccccc1-c1nccc(COc2ccccc2C[C@@H](Oc2nsc3cnc(/C(C=N)=C/NCC4CCC4)c(-c4ccc(OCCN5CCN(C)CC5)c(Cl)c4C)c23)C(=O)O)n1. The summed E-state index contributed by atoms with van der Waals surface area (Å²) in [6, 6.07) is 20.4. The van der Waals surface area contributed by atoms with Crippen molar-refractivity contribution in [1.82, 2.24) is 34.4 Å². The summed E-state index contributed by atoms with van der Waals surface area (Å²) in [4.78, 5) is 31.9. The number of methoxy groups -OCH3 is 1. The molecule has 0 bridgehead atoms. The Bertz CT molecular complexity index is 2670. The van der Waals surface area contributed by atoms with Gasteiger partial charge in [0.1, 0.15) is 30.5 Å². The van der Waals surface area contributed by atoms with E-state index in [-0.39, 0.29) is 18.9 Å². The van der Waals surface area contributed by atoms with Gasteiger partial charge in [-0.3, -0.25) is 9.88 Å². The first kappa shape index (κ1) is 45.4. The van der Waals surface area contributed by atoms with Crippen LogP contribution in [0.1, 0.15) is 41.8 Å². The number of hydrogen-bond acceptors (Lipinski definition) is 14. The van der Waals surface area contributed by atoms with Crippen molar-refractivity contribution in [1.29, 1.82) is 5.41 Å². The molecule has 1 saturated carbocycles. The van der Waals surface area contributed by atoms with E-state index >= 15 is 0 Å². The molecule has 2 fully saturated rings. The molecule has 1 atom stereocenters. The van der Waals surface area contributed by atoms with Gasteiger partial charge in [0.05, 0.1) is 39.2 Å². The third kappa shape index (κ3) is 10.7. The number of allylic oxidation sites excluding steroid dienone is 1. The quantitative estimate of drug-likeness (QED) is 0.0625. The summed E-state index contributed by atoms with van der Waals surface area (Å²) in [7, 11) is 3.74. The molecule has 1 saturated heterocycles. The number of carboxylic acid groups (broad SMARTS) is 1. The van der Waals surface area contributed by atoms with Gasteiger partial charge in [0.15, 0.2) is 5.82 Å². The Hall–Kier alpha value is -6.13. The maximum atomic E-state index is 13.1. The molecule has 0 amide bonds. The molecule has 338 valence electrons. The molecule has 65 heavy (non-hydrogen) atoms. The van der Waals surface area contributed by atoms with Crippen molar-refractivity contribution in [3.8, 4) is 45.6 Å². The highest BCUT2D eigenvalue weighted by Crippen LogP contribution is 2.45. The smallest absolute Gasteiger partial charge is 0.345 e. The molecule has 3 aromatic carbocycles. The molecular formula is C49H53ClN8O6S. The molecule has 1 aliphatic carbocycles. The summed E-state index contributed by atoms with van der Waals surface area (Å²) < 4.78 is 29.9. The zero-order valence-electron chi connectivity index (χ0n) is 36.8. The van der Waals surface area contributed by atoms with Crippen molar-refractivity contribution in [2.24, 2.45) is 5.92 Å². The van der Waals surface area contributed by atoms with E-state index in [1.807, 2.05) is 67.7 Å². The summed E-state index contributed by atoms with van der Waals surface area (Å²) in [5.74, 6) is 1.75. The molecule has 0 spiro atoms. The second-order valence-electron chi connectivity index (χ2n) is 16.3. The van der Waals surface area contributed by atoms with Gasteiger partial charge in [0, 0.05) is 81.6 Å². The van der Waals surface area contributed by atoms with Crippen LogP contribution in [0.15, 0.2) is 85.3 Å². The third-order valence-corrected chi connectivity index (χ3v) is 13.3. The van der Waals surface area contributed by atoms with Crippen molar-refractivity contribution >= 4 is 51.0 Å². The van der Waals surface area contributed by atoms with Gasteiger partial charge in [0.2, 0.25) is 12.0 Å². The maximum Gasteiger partial charge on any atom is 0.345 e. The number of pyridine rings is 1. The number of fused-ring (bicyclic) bond motifs is 1.